The molecule has 0 aliphatic rings. The highest BCUT2D eigenvalue weighted by molar-refractivity contribution is 5.30. The first-order valence-electron chi connectivity index (χ1n) is 5.69. The molecule has 100 valence electrons. The summed E-state index contributed by atoms with van der Waals surface area (Å²) in [5, 5.41) is 0. The number of aromatic nitrogens is 2. The van der Waals surface area contributed by atoms with Crippen molar-refractivity contribution in [1.82, 2.24) is 9.97 Å². The molecule has 0 aliphatic heterocycles. The number of hydrogen-bond donors (Lipinski definition) is 1. The zero-order valence-corrected chi connectivity index (χ0v) is 10.8. The Bertz CT molecular complexity index is 521. The maximum Gasteiger partial charge on any atom is 0.328 e. The molecule has 19 heavy (non-hydrogen) atoms. The lowest BCUT2D eigenvalue weighted by atomic mass is 10.2. The van der Waals surface area contributed by atoms with Gasteiger partial charge >= 0.3 is 6.01 Å². The molecule has 0 aliphatic carbocycles. The minimum atomic E-state index is 0.164. The lowest BCUT2D eigenvalue weighted by Crippen LogP contribution is -1.98. The van der Waals surface area contributed by atoms with Crippen molar-refractivity contribution in [3.05, 3.63) is 35.9 Å². The van der Waals surface area contributed by atoms with Crippen molar-refractivity contribution in [2.45, 2.75) is 6.54 Å². The summed E-state index contributed by atoms with van der Waals surface area (Å²) < 4.78 is 15.6. The highest BCUT2D eigenvalue weighted by Crippen LogP contribution is 2.23. The zero-order chi connectivity index (χ0) is 13.7. The van der Waals surface area contributed by atoms with Gasteiger partial charge in [-0.2, -0.15) is 9.97 Å². The molecule has 1 aromatic carbocycles. The van der Waals surface area contributed by atoms with E-state index in [1.165, 1.54) is 14.2 Å². The van der Waals surface area contributed by atoms with E-state index >= 15 is 0 Å². The second-order valence-corrected chi connectivity index (χ2v) is 3.69. The van der Waals surface area contributed by atoms with Crippen LogP contribution in [0.1, 0.15) is 5.56 Å². The van der Waals surface area contributed by atoms with Crippen LogP contribution in [0.3, 0.4) is 0 Å². The fraction of sp³-hybridized carbons (Fsp3) is 0.231. The lowest BCUT2D eigenvalue weighted by molar-refractivity contribution is 0.348. The van der Waals surface area contributed by atoms with E-state index in [-0.39, 0.29) is 6.01 Å². The predicted molar refractivity (Wildman–Crippen MR) is 69.5 cm³/mol. The third kappa shape index (κ3) is 3.32. The van der Waals surface area contributed by atoms with Crippen LogP contribution >= 0.6 is 0 Å². The maximum atomic E-state index is 5.54. The highest BCUT2D eigenvalue weighted by atomic mass is 16.5. The van der Waals surface area contributed by atoms with Gasteiger partial charge in [-0.15, -0.1) is 0 Å². The normalized spacial score (nSPS) is 10.1. The van der Waals surface area contributed by atoms with Gasteiger partial charge in [0.1, 0.15) is 5.75 Å². The van der Waals surface area contributed by atoms with Gasteiger partial charge in [-0.1, -0.05) is 12.1 Å². The van der Waals surface area contributed by atoms with Gasteiger partial charge in [0.2, 0.25) is 11.8 Å². The first-order chi connectivity index (χ1) is 9.25. The van der Waals surface area contributed by atoms with Crippen molar-refractivity contribution >= 4 is 0 Å². The van der Waals surface area contributed by atoms with E-state index in [0.29, 0.717) is 24.1 Å². The van der Waals surface area contributed by atoms with Crippen molar-refractivity contribution < 1.29 is 14.2 Å². The van der Waals surface area contributed by atoms with E-state index in [9.17, 15) is 0 Å². The summed E-state index contributed by atoms with van der Waals surface area (Å²) in [5.74, 6) is 1.37. The Morgan fingerprint density at radius 3 is 2.05 bits per heavy atom. The standard InChI is InChI=1S/C13H15N3O3/c1-17-11-7-12(18-2)16-13(15-11)19-10-5-3-9(8-14)4-6-10/h3-7H,8,14H2,1-2H3. The Kier molecular flexibility index (Phi) is 4.15. The van der Waals surface area contributed by atoms with Gasteiger partial charge in [-0.25, -0.2) is 0 Å². The number of rotatable bonds is 5. The molecule has 2 N–H and O–H groups in total. The van der Waals surface area contributed by atoms with E-state index in [4.69, 9.17) is 19.9 Å². The smallest absolute Gasteiger partial charge is 0.328 e. The number of ether oxygens (including phenoxy) is 3. The molecule has 0 spiro atoms. The molecule has 0 bridgehead atoms. The first-order valence-corrected chi connectivity index (χ1v) is 5.69. The van der Waals surface area contributed by atoms with E-state index in [1.807, 2.05) is 12.1 Å². The van der Waals surface area contributed by atoms with Crippen molar-refractivity contribution in [1.29, 1.82) is 0 Å². The molecule has 0 amide bonds. The third-order valence-corrected chi connectivity index (χ3v) is 2.45. The second kappa shape index (κ2) is 6.01. The molecule has 2 rings (SSSR count). The molecule has 1 heterocycles. The SMILES string of the molecule is COc1cc(OC)nc(Oc2ccc(CN)cc2)n1. The monoisotopic (exact) mass is 261 g/mol. The van der Waals surface area contributed by atoms with Crippen LogP contribution in [-0.2, 0) is 6.54 Å². The molecular formula is C13H15N3O3. The molecular weight excluding hydrogens is 246 g/mol. The molecule has 6 nitrogen and oxygen atoms in total. The van der Waals surface area contributed by atoms with Crippen molar-refractivity contribution in [3.8, 4) is 23.5 Å². The van der Waals surface area contributed by atoms with Crippen LogP contribution in [0.5, 0.6) is 23.5 Å². The average Bonchev–Trinajstić information content (AvgIpc) is 2.47. The van der Waals surface area contributed by atoms with E-state index in [0.717, 1.165) is 5.56 Å². The Balaban J connectivity index is 2.21. The summed E-state index contributed by atoms with van der Waals surface area (Å²) in [5.41, 5.74) is 6.55. The van der Waals surface area contributed by atoms with E-state index in [2.05, 4.69) is 9.97 Å². The summed E-state index contributed by atoms with van der Waals surface area (Å²) in [6.45, 7) is 0.490. The van der Waals surface area contributed by atoms with Crippen LogP contribution in [-0.4, -0.2) is 24.2 Å². The van der Waals surface area contributed by atoms with Crippen LogP contribution in [0.4, 0.5) is 0 Å². The fourth-order valence-electron chi connectivity index (χ4n) is 1.44. The van der Waals surface area contributed by atoms with Crippen LogP contribution in [0.25, 0.3) is 0 Å². The van der Waals surface area contributed by atoms with Gasteiger partial charge in [-0.3, -0.25) is 0 Å². The highest BCUT2D eigenvalue weighted by Gasteiger charge is 2.07. The first kappa shape index (κ1) is 13.1. The molecule has 0 atom stereocenters. The number of benzene rings is 1. The fourth-order valence-corrected chi connectivity index (χ4v) is 1.44. The molecule has 0 fully saturated rings. The number of nitrogens with zero attached hydrogens (tertiary/aromatic N) is 2. The topological polar surface area (TPSA) is 79.5 Å². The van der Waals surface area contributed by atoms with Gasteiger partial charge in [0.25, 0.3) is 0 Å². The zero-order valence-electron chi connectivity index (χ0n) is 10.8. The second-order valence-electron chi connectivity index (χ2n) is 3.69. The number of nitrogens with two attached hydrogens (primary N) is 1. The van der Waals surface area contributed by atoms with Crippen molar-refractivity contribution in [3.63, 3.8) is 0 Å². The Labute approximate surface area is 111 Å². The van der Waals surface area contributed by atoms with Crippen LogP contribution < -0.4 is 19.9 Å². The summed E-state index contributed by atoms with van der Waals surface area (Å²) in [4.78, 5) is 8.15. The summed E-state index contributed by atoms with van der Waals surface area (Å²) in [7, 11) is 3.03. The molecule has 1 aromatic heterocycles. The summed E-state index contributed by atoms with van der Waals surface area (Å²) in [6.07, 6.45) is 0. The van der Waals surface area contributed by atoms with Gasteiger partial charge in [0.05, 0.1) is 20.3 Å². The lowest BCUT2D eigenvalue weighted by Gasteiger charge is -2.07. The Morgan fingerprint density at radius 1 is 1.00 bits per heavy atom. The molecule has 0 unspecified atom stereocenters. The van der Waals surface area contributed by atoms with Crippen LogP contribution in [0.15, 0.2) is 30.3 Å². The Hall–Kier alpha value is -2.34. The van der Waals surface area contributed by atoms with Gasteiger partial charge in [-0.05, 0) is 17.7 Å². The van der Waals surface area contributed by atoms with Crippen LogP contribution in [0, 0.1) is 0 Å². The molecule has 0 saturated carbocycles. The van der Waals surface area contributed by atoms with Gasteiger partial charge in [0.15, 0.2) is 0 Å². The Morgan fingerprint density at radius 2 is 1.58 bits per heavy atom. The minimum absolute atomic E-state index is 0.164. The quantitative estimate of drug-likeness (QED) is 0.883. The van der Waals surface area contributed by atoms with Gasteiger partial charge < -0.3 is 19.9 Å². The van der Waals surface area contributed by atoms with Crippen molar-refractivity contribution in [2.75, 3.05) is 14.2 Å². The molecule has 2 aromatic rings. The van der Waals surface area contributed by atoms with Crippen LogP contribution in [0.2, 0.25) is 0 Å². The predicted octanol–water partition coefficient (Wildman–Crippen LogP) is 1.74. The van der Waals surface area contributed by atoms with E-state index < -0.39 is 0 Å². The minimum Gasteiger partial charge on any atom is -0.481 e. The molecule has 0 saturated heterocycles. The summed E-state index contributed by atoms with van der Waals surface area (Å²) in [6, 6.07) is 9.11. The average molecular weight is 261 g/mol. The third-order valence-electron chi connectivity index (χ3n) is 2.45. The molecule has 6 heteroatoms. The number of hydrogen-bond acceptors (Lipinski definition) is 6. The maximum absolute atomic E-state index is 5.54. The molecule has 0 radical (unpaired) electrons. The van der Waals surface area contributed by atoms with Crippen molar-refractivity contribution in [2.24, 2.45) is 5.73 Å². The summed E-state index contributed by atoms with van der Waals surface area (Å²) >= 11 is 0. The largest absolute Gasteiger partial charge is 0.481 e. The number of methoxy groups -OCH3 is 2. The van der Waals surface area contributed by atoms with Gasteiger partial charge in [0, 0.05) is 6.54 Å². The van der Waals surface area contributed by atoms with E-state index in [1.54, 1.807) is 18.2 Å².